The fourth-order valence-corrected chi connectivity index (χ4v) is 1.62. The van der Waals surface area contributed by atoms with E-state index >= 15 is 0 Å². The van der Waals surface area contributed by atoms with Gasteiger partial charge in [-0.15, -0.1) is 0 Å². The Labute approximate surface area is 129 Å². The van der Waals surface area contributed by atoms with Crippen LogP contribution in [0.4, 0.5) is 13.2 Å². The lowest BCUT2D eigenvalue weighted by molar-refractivity contribution is -0.137. The Morgan fingerprint density at radius 2 is 2.23 bits per heavy atom. The third kappa shape index (κ3) is 5.66. The molecule has 10 heteroatoms. The van der Waals surface area contributed by atoms with Crippen LogP contribution >= 0.6 is 11.6 Å². The zero-order valence-corrected chi connectivity index (χ0v) is 12.4. The molecule has 0 aromatic carbocycles. The maximum atomic E-state index is 12.4. The van der Waals surface area contributed by atoms with Crippen LogP contribution in [0.3, 0.4) is 0 Å². The fraction of sp³-hybridized carbons (Fsp3) is 0.500. The molecule has 0 fully saturated rings. The highest BCUT2D eigenvalue weighted by Crippen LogP contribution is 2.32. The molecule has 1 amide bonds. The second-order valence-electron chi connectivity index (χ2n) is 4.21. The van der Waals surface area contributed by atoms with Crippen LogP contribution in [0.2, 0.25) is 5.02 Å². The summed E-state index contributed by atoms with van der Waals surface area (Å²) in [7, 11) is 1.41. The Bertz CT molecular complexity index is 514. The minimum absolute atomic E-state index is 0.0243. The molecule has 1 aromatic rings. The highest BCUT2D eigenvalue weighted by atomic mass is 35.5. The number of amides is 1. The monoisotopic (exact) mass is 341 g/mol. The minimum atomic E-state index is -4.53. The van der Waals surface area contributed by atoms with Crippen LogP contribution in [0.1, 0.15) is 5.56 Å². The van der Waals surface area contributed by atoms with Crippen molar-refractivity contribution in [2.24, 2.45) is 5.73 Å². The number of nitrogens with two attached hydrogens (primary N) is 1. The third-order valence-corrected chi connectivity index (χ3v) is 2.73. The molecule has 0 saturated heterocycles. The third-order valence-electron chi connectivity index (χ3n) is 2.46. The molecule has 0 bridgehead atoms. The molecule has 0 aliphatic carbocycles. The lowest BCUT2D eigenvalue weighted by atomic mass is 10.3. The molecule has 1 aromatic heterocycles. The average Bonchev–Trinajstić information content (AvgIpc) is 2.43. The molecule has 1 rings (SSSR count). The number of ether oxygens (including phenoxy) is 2. The van der Waals surface area contributed by atoms with Gasteiger partial charge in [0, 0.05) is 13.3 Å². The first kappa shape index (κ1) is 18.5. The summed E-state index contributed by atoms with van der Waals surface area (Å²) in [6.45, 7) is 0.137. The van der Waals surface area contributed by atoms with E-state index in [1.54, 1.807) is 0 Å². The van der Waals surface area contributed by atoms with Crippen molar-refractivity contribution in [3.63, 3.8) is 0 Å². The second kappa shape index (κ2) is 8.16. The van der Waals surface area contributed by atoms with Gasteiger partial charge in [-0.3, -0.25) is 4.79 Å². The smallest absolute Gasteiger partial charge is 0.417 e. The Balaban J connectivity index is 2.44. The maximum absolute atomic E-state index is 12.4. The van der Waals surface area contributed by atoms with E-state index < -0.39 is 23.7 Å². The zero-order valence-electron chi connectivity index (χ0n) is 11.6. The SMILES string of the molecule is COCC(N)C(=O)NCCOc1ncc(C(F)(F)F)cc1Cl. The van der Waals surface area contributed by atoms with Crippen molar-refractivity contribution in [3.8, 4) is 5.88 Å². The highest BCUT2D eigenvalue weighted by molar-refractivity contribution is 6.31. The van der Waals surface area contributed by atoms with Crippen LogP contribution in [0.25, 0.3) is 0 Å². The van der Waals surface area contributed by atoms with Crippen LogP contribution in [-0.4, -0.2) is 43.8 Å². The van der Waals surface area contributed by atoms with E-state index in [1.165, 1.54) is 7.11 Å². The van der Waals surface area contributed by atoms with E-state index in [1.807, 2.05) is 0 Å². The van der Waals surface area contributed by atoms with Gasteiger partial charge in [0.15, 0.2) is 0 Å². The summed E-state index contributed by atoms with van der Waals surface area (Å²) in [5.74, 6) is -0.581. The number of hydrogen-bond donors (Lipinski definition) is 2. The normalized spacial score (nSPS) is 12.8. The van der Waals surface area contributed by atoms with Gasteiger partial charge >= 0.3 is 6.18 Å². The number of aromatic nitrogens is 1. The van der Waals surface area contributed by atoms with E-state index in [2.05, 4.69) is 10.3 Å². The minimum Gasteiger partial charge on any atom is -0.475 e. The van der Waals surface area contributed by atoms with Gasteiger partial charge in [0.05, 0.1) is 18.7 Å². The molecule has 0 aliphatic heterocycles. The van der Waals surface area contributed by atoms with Gasteiger partial charge in [0.1, 0.15) is 17.7 Å². The first-order valence-electron chi connectivity index (χ1n) is 6.13. The van der Waals surface area contributed by atoms with E-state index in [4.69, 9.17) is 26.8 Å². The van der Waals surface area contributed by atoms with Crippen LogP contribution in [-0.2, 0) is 15.7 Å². The number of alkyl halides is 3. The molecular formula is C12H15ClF3N3O3. The summed E-state index contributed by atoms with van der Waals surface area (Å²) in [4.78, 5) is 14.9. The molecule has 0 spiro atoms. The van der Waals surface area contributed by atoms with Crippen LogP contribution < -0.4 is 15.8 Å². The Morgan fingerprint density at radius 1 is 1.55 bits per heavy atom. The number of nitrogens with zero attached hydrogens (tertiary/aromatic N) is 1. The molecule has 124 valence electrons. The molecule has 6 nitrogen and oxygen atoms in total. The highest BCUT2D eigenvalue weighted by Gasteiger charge is 2.31. The first-order chi connectivity index (χ1) is 10.3. The number of carbonyl (C=O) groups is 1. The Morgan fingerprint density at radius 3 is 2.77 bits per heavy atom. The lowest BCUT2D eigenvalue weighted by Gasteiger charge is -2.12. The Hall–Kier alpha value is -1.58. The van der Waals surface area contributed by atoms with Crippen LogP contribution in [0, 0.1) is 0 Å². The number of rotatable bonds is 7. The Kier molecular flexibility index (Phi) is 6.85. The largest absolute Gasteiger partial charge is 0.475 e. The first-order valence-corrected chi connectivity index (χ1v) is 6.51. The van der Waals surface area contributed by atoms with Crippen molar-refractivity contribution < 1.29 is 27.4 Å². The molecule has 1 heterocycles. The van der Waals surface area contributed by atoms with Gasteiger partial charge in [-0.05, 0) is 6.07 Å². The zero-order chi connectivity index (χ0) is 16.8. The number of hydrogen-bond acceptors (Lipinski definition) is 5. The second-order valence-corrected chi connectivity index (χ2v) is 4.62. The summed E-state index contributed by atoms with van der Waals surface area (Å²) in [5, 5.41) is 2.21. The summed E-state index contributed by atoms with van der Waals surface area (Å²) < 4.78 is 47.1. The number of methoxy groups -OCH3 is 1. The van der Waals surface area contributed by atoms with E-state index in [-0.39, 0.29) is 30.7 Å². The predicted octanol–water partition coefficient (Wildman–Crippen LogP) is 1.22. The van der Waals surface area contributed by atoms with E-state index in [9.17, 15) is 18.0 Å². The maximum Gasteiger partial charge on any atom is 0.417 e. The van der Waals surface area contributed by atoms with Crippen molar-refractivity contribution in [2.45, 2.75) is 12.2 Å². The molecule has 0 radical (unpaired) electrons. The summed E-state index contributed by atoms with van der Waals surface area (Å²) in [6.07, 6.45) is -3.91. The number of nitrogens with one attached hydrogen (secondary N) is 1. The van der Waals surface area contributed by atoms with Gasteiger partial charge in [0.2, 0.25) is 11.8 Å². The van der Waals surface area contributed by atoms with Crippen molar-refractivity contribution in [1.29, 1.82) is 0 Å². The van der Waals surface area contributed by atoms with Crippen LogP contribution in [0.5, 0.6) is 5.88 Å². The average molecular weight is 342 g/mol. The molecule has 1 atom stereocenters. The number of pyridine rings is 1. The van der Waals surface area contributed by atoms with Gasteiger partial charge in [-0.1, -0.05) is 11.6 Å². The topological polar surface area (TPSA) is 86.5 Å². The van der Waals surface area contributed by atoms with Crippen molar-refractivity contribution in [1.82, 2.24) is 10.3 Å². The summed E-state index contributed by atoms with van der Waals surface area (Å²) >= 11 is 5.66. The quantitative estimate of drug-likeness (QED) is 0.728. The summed E-state index contributed by atoms with van der Waals surface area (Å²) in [6, 6.07) is -0.0884. The van der Waals surface area contributed by atoms with Crippen LogP contribution in [0.15, 0.2) is 12.3 Å². The van der Waals surface area contributed by atoms with Crippen molar-refractivity contribution in [3.05, 3.63) is 22.8 Å². The number of carbonyl (C=O) groups excluding carboxylic acids is 1. The van der Waals surface area contributed by atoms with Crippen molar-refractivity contribution >= 4 is 17.5 Å². The number of halogens is 4. The summed E-state index contributed by atoms with van der Waals surface area (Å²) in [5.41, 5.74) is 4.52. The molecule has 1 unspecified atom stereocenters. The predicted molar refractivity (Wildman–Crippen MR) is 72.6 cm³/mol. The molecular weight excluding hydrogens is 327 g/mol. The standard InChI is InChI=1S/C12H15ClF3N3O3/c1-21-6-9(17)10(20)18-2-3-22-11-8(13)4-7(5-19-11)12(14,15)16/h4-5,9H,2-3,6,17H2,1H3,(H,18,20). The van der Waals surface area contributed by atoms with Gasteiger partial charge < -0.3 is 20.5 Å². The fourth-order valence-electron chi connectivity index (χ4n) is 1.39. The molecule has 0 aliphatic rings. The van der Waals surface area contributed by atoms with Gasteiger partial charge in [0.25, 0.3) is 0 Å². The van der Waals surface area contributed by atoms with Gasteiger partial charge in [-0.25, -0.2) is 4.98 Å². The lowest BCUT2D eigenvalue weighted by Crippen LogP contribution is -2.44. The van der Waals surface area contributed by atoms with Crippen molar-refractivity contribution in [2.75, 3.05) is 26.9 Å². The van der Waals surface area contributed by atoms with E-state index in [0.29, 0.717) is 6.20 Å². The molecule has 3 N–H and O–H groups in total. The molecule has 22 heavy (non-hydrogen) atoms. The van der Waals surface area contributed by atoms with E-state index in [0.717, 1.165) is 6.07 Å². The molecule has 0 saturated carbocycles. The van der Waals surface area contributed by atoms with Gasteiger partial charge in [-0.2, -0.15) is 13.2 Å².